The molecule has 106 valence electrons. The molecule has 0 saturated carbocycles. The Morgan fingerprint density at radius 2 is 1.81 bits per heavy atom. The van der Waals surface area contributed by atoms with Gasteiger partial charge in [-0.05, 0) is 43.7 Å². The van der Waals surface area contributed by atoms with Crippen LogP contribution in [0.1, 0.15) is 23.0 Å². The summed E-state index contributed by atoms with van der Waals surface area (Å²) in [4.78, 5) is 13.3. The van der Waals surface area contributed by atoms with Gasteiger partial charge in [0.05, 0.1) is 11.6 Å². The number of para-hydroxylation sites is 1. The Balaban J connectivity index is 1.94. The van der Waals surface area contributed by atoms with Crippen molar-refractivity contribution >= 4 is 10.9 Å². The average molecular weight is 278 g/mol. The van der Waals surface area contributed by atoms with Gasteiger partial charge < -0.3 is 5.32 Å². The normalized spacial score (nSPS) is 12.5. The van der Waals surface area contributed by atoms with Gasteiger partial charge in [0.2, 0.25) is 0 Å². The molecule has 4 nitrogen and oxygen atoms in total. The highest BCUT2D eigenvalue weighted by atomic mass is 15.0. The molecule has 21 heavy (non-hydrogen) atoms. The van der Waals surface area contributed by atoms with E-state index in [1.54, 1.807) is 0 Å². The summed E-state index contributed by atoms with van der Waals surface area (Å²) in [5, 5.41) is 4.49. The van der Waals surface area contributed by atoms with E-state index < -0.39 is 0 Å². The highest BCUT2D eigenvalue weighted by molar-refractivity contribution is 5.81. The number of aromatic nitrogens is 3. The van der Waals surface area contributed by atoms with Crippen LogP contribution >= 0.6 is 0 Å². The van der Waals surface area contributed by atoms with Gasteiger partial charge in [-0.25, -0.2) is 9.97 Å². The number of rotatable bonds is 4. The summed E-state index contributed by atoms with van der Waals surface area (Å²) in [5.74, 6) is 0.823. The van der Waals surface area contributed by atoms with Gasteiger partial charge in [-0.3, -0.25) is 4.98 Å². The largest absolute Gasteiger partial charge is 0.310 e. The van der Waals surface area contributed by atoms with Gasteiger partial charge in [-0.2, -0.15) is 0 Å². The minimum Gasteiger partial charge on any atom is -0.310 e. The van der Waals surface area contributed by atoms with Gasteiger partial charge in [0.1, 0.15) is 5.82 Å². The standard InChI is InChI=1S/C17H18N4/c1-12-10-20-17(21-11-12)16(18-2)9-13-7-8-19-15-6-4-3-5-14(13)15/h3-8,10-11,16,18H,9H2,1-2H3. The SMILES string of the molecule is CNC(Cc1ccnc2ccccc12)c1ncc(C)cn1. The molecule has 3 rings (SSSR count). The van der Waals surface area contributed by atoms with Crippen LogP contribution in [-0.4, -0.2) is 22.0 Å². The first-order chi connectivity index (χ1) is 10.3. The molecule has 2 heterocycles. The fraction of sp³-hybridized carbons (Fsp3) is 0.235. The Morgan fingerprint density at radius 3 is 2.57 bits per heavy atom. The van der Waals surface area contributed by atoms with Crippen LogP contribution in [-0.2, 0) is 6.42 Å². The summed E-state index contributed by atoms with van der Waals surface area (Å²) >= 11 is 0. The summed E-state index contributed by atoms with van der Waals surface area (Å²) in [6.45, 7) is 1.99. The van der Waals surface area contributed by atoms with E-state index in [-0.39, 0.29) is 6.04 Å². The van der Waals surface area contributed by atoms with E-state index in [4.69, 9.17) is 0 Å². The van der Waals surface area contributed by atoms with E-state index in [1.165, 1.54) is 10.9 Å². The Kier molecular flexibility index (Phi) is 3.88. The highest BCUT2D eigenvalue weighted by Gasteiger charge is 2.14. The van der Waals surface area contributed by atoms with E-state index in [1.807, 2.05) is 50.8 Å². The second kappa shape index (κ2) is 5.97. The Hall–Kier alpha value is -2.33. The first kappa shape index (κ1) is 13.6. The number of benzene rings is 1. The van der Waals surface area contributed by atoms with Gasteiger partial charge in [0, 0.05) is 24.0 Å². The maximum absolute atomic E-state index is 4.44. The zero-order chi connectivity index (χ0) is 14.7. The lowest BCUT2D eigenvalue weighted by Gasteiger charge is -2.16. The fourth-order valence-corrected chi connectivity index (χ4v) is 2.46. The molecule has 0 spiro atoms. The van der Waals surface area contributed by atoms with Crippen molar-refractivity contribution in [2.24, 2.45) is 0 Å². The number of hydrogen-bond acceptors (Lipinski definition) is 4. The van der Waals surface area contributed by atoms with Gasteiger partial charge in [0.25, 0.3) is 0 Å². The molecule has 0 bridgehead atoms. The smallest absolute Gasteiger partial charge is 0.145 e. The van der Waals surface area contributed by atoms with Gasteiger partial charge >= 0.3 is 0 Å². The molecule has 0 radical (unpaired) electrons. The lowest BCUT2D eigenvalue weighted by atomic mass is 10.0. The minimum atomic E-state index is 0.0939. The lowest BCUT2D eigenvalue weighted by molar-refractivity contribution is 0.558. The van der Waals surface area contributed by atoms with E-state index in [0.29, 0.717) is 0 Å². The van der Waals surface area contributed by atoms with Crippen LogP contribution < -0.4 is 5.32 Å². The number of fused-ring (bicyclic) bond motifs is 1. The molecule has 0 aliphatic carbocycles. The summed E-state index contributed by atoms with van der Waals surface area (Å²) < 4.78 is 0. The zero-order valence-corrected chi connectivity index (χ0v) is 12.2. The summed E-state index contributed by atoms with van der Waals surface area (Å²) in [6, 6.07) is 10.4. The summed E-state index contributed by atoms with van der Waals surface area (Å²) in [7, 11) is 1.94. The van der Waals surface area contributed by atoms with Crippen LogP contribution in [0.2, 0.25) is 0 Å². The second-order valence-electron chi connectivity index (χ2n) is 5.15. The Labute approximate surface area is 124 Å². The quantitative estimate of drug-likeness (QED) is 0.797. The molecule has 0 fully saturated rings. The lowest BCUT2D eigenvalue weighted by Crippen LogP contribution is -2.21. The number of nitrogens with one attached hydrogen (secondary N) is 1. The molecule has 2 aromatic heterocycles. The molecule has 1 unspecified atom stereocenters. The maximum atomic E-state index is 4.44. The van der Waals surface area contributed by atoms with Crippen LogP contribution in [0.4, 0.5) is 0 Å². The van der Waals surface area contributed by atoms with Crippen LogP contribution in [0.25, 0.3) is 10.9 Å². The van der Waals surface area contributed by atoms with Crippen molar-refractivity contribution in [1.82, 2.24) is 20.3 Å². The van der Waals surface area contributed by atoms with Gasteiger partial charge in [-0.15, -0.1) is 0 Å². The van der Waals surface area contributed by atoms with E-state index >= 15 is 0 Å². The minimum absolute atomic E-state index is 0.0939. The highest BCUT2D eigenvalue weighted by Crippen LogP contribution is 2.21. The fourth-order valence-electron chi connectivity index (χ4n) is 2.46. The van der Waals surface area contributed by atoms with Crippen molar-refractivity contribution in [3.63, 3.8) is 0 Å². The number of likely N-dealkylation sites (N-methyl/N-ethyl adjacent to an activating group) is 1. The van der Waals surface area contributed by atoms with Crippen molar-refractivity contribution in [3.8, 4) is 0 Å². The summed E-state index contributed by atoms with van der Waals surface area (Å²) in [6.07, 6.45) is 6.41. The number of aryl methyl sites for hydroxylation is 1. The Bertz CT molecular complexity index is 732. The maximum Gasteiger partial charge on any atom is 0.145 e. The van der Waals surface area contributed by atoms with Gasteiger partial charge in [0.15, 0.2) is 0 Å². The van der Waals surface area contributed by atoms with Crippen LogP contribution in [0, 0.1) is 6.92 Å². The van der Waals surface area contributed by atoms with Crippen molar-refractivity contribution in [3.05, 3.63) is 65.9 Å². The molecule has 0 saturated heterocycles. The van der Waals surface area contributed by atoms with Crippen LogP contribution in [0.3, 0.4) is 0 Å². The number of hydrogen-bond donors (Lipinski definition) is 1. The van der Waals surface area contributed by atoms with E-state index in [9.17, 15) is 0 Å². The monoisotopic (exact) mass is 278 g/mol. The van der Waals surface area contributed by atoms with Crippen molar-refractivity contribution < 1.29 is 0 Å². The average Bonchev–Trinajstić information content (AvgIpc) is 2.54. The number of nitrogens with zero attached hydrogens (tertiary/aromatic N) is 3. The first-order valence-corrected chi connectivity index (χ1v) is 7.06. The molecule has 1 aromatic carbocycles. The molecule has 4 heteroatoms. The van der Waals surface area contributed by atoms with Crippen LogP contribution in [0.15, 0.2) is 48.9 Å². The van der Waals surface area contributed by atoms with Gasteiger partial charge in [-0.1, -0.05) is 18.2 Å². The molecule has 0 aliphatic rings. The molecule has 1 N–H and O–H groups in total. The third-order valence-corrected chi connectivity index (χ3v) is 3.62. The Morgan fingerprint density at radius 1 is 1.05 bits per heavy atom. The third-order valence-electron chi connectivity index (χ3n) is 3.62. The molecular weight excluding hydrogens is 260 g/mol. The predicted molar refractivity (Wildman–Crippen MR) is 84.0 cm³/mol. The first-order valence-electron chi connectivity index (χ1n) is 7.06. The molecule has 0 aliphatic heterocycles. The van der Waals surface area contributed by atoms with Crippen LogP contribution in [0.5, 0.6) is 0 Å². The third kappa shape index (κ3) is 2.90. The molecule has 1 atom stereocenters. The summed E-state index contributed by atoms with van der Waals surface area (Å²) in [5.41, 5.74) is 3.35. The molecular formula is C17H18N4. The van der Waals surface area contributed by atoms with Crippen molar-refractivity contribution in [2.45, 2.75) is 19.4 Å². The topological polar surface area (TPSA) is 50.7 Å². The molecule has 0 amide bonds. The van der Waals surface area contributed by atoms with Crippen molar-refractivity contribution in [2.75, 3.05) is 7.05 Å². The zero-order valence-electron chi connectivity index (χ0n) is 12.2. The van der Waals surface area contributed by atoms with E-state index in [0.717, 1.165) is 23.3 Å². The predicted octanol–water partition coefficient (Wildman–Crippen LogP) is 2.84. The molecule has 3 aromatic rings. The van der Waals surface area contributed by atoms with E-state index in [2.05, 4.69) is 32.4 Å². The van der Waals surface area contributed by atoms with Crippen molar-refractivity contribution in [1.29, 1.82) is 0 Å². The number of pyridine rings is 1. The second-order valence-corrected chi connectivity index (χ2v) is 5.15.